The molecular formula is C10H10O4. The van der Waals surface area contributed by atoms with Crippen molar-refractivity contribution >= 4 is 17.7 Å². The molecule has 0 atom stereocenters. The smallest absolute Gasteiger partial charge is 0.341 e. The lowest BCUT2D eigenvalue weighted by Crippen LogP contribution is -2.11. The standard InChI is InChI=1S/C10H10O4/c1-4-8(11)6-7(3)10(13)14-9(12)5-2/h4-6H,1-2H2,3H3. The van der Waals surface area contributed by atoms with Crippen molar-refractivity contribution in [1.82, 2.24) is 0 Å². The van der Waals surface area contributed by atoms with Crippen molar-refractivity contribution in [1.29, 1.82) is 0 Å². The van der Waals surface area contributed by atoms with E-state index >= 15 is 0 Å². The molecule has 0 aliphatic rings. The Morgan fingerprint density at radius 3 is 2.14 bits per heavy atom. The van der Waals surface area contributed by atoms with Gasteiger partial charge in [-0.1, -0.05) is 13.2 Å². The molecule has 0 saturated heterocycles. The van der Waals surface area contributed by atoms with Gasteiger partial charge >= 0.3 is 11.9 Å². The van der Waals surface area contributed by atoms with Gasteiger partial charge in [0.05, 0.1) is 0 Å². The second-order valence-corrected chi connectivity index (χ2v) is 2.35. The first-order chi connectivity index (χ1) is 6.51. The Morgan fingerprint density at radius 1 is 1.14 bits per heavy atom. The van der Waals surface area contributed by atoms with Crippen LogP contribution in [0.3, 0.4) is 0 Å². The van der Waals surface area contributed by atoms with E-state index in [-0.39, 0.29) is 5.57 Å². The van der Waals surface area contributed by atoms with Crippen molar-refractivity contribution in [2.24, 2.45) is 0 Å². The molecule has 4 nitrogen and oxygen atoms in total. The van der Waals surface area contributed by atoms with Crippen LogP contribution < -0.4 is 0 Å². The van der Waals surface area contributed by atoms with Crippen LogP contribution in [0.1, 0.15) is 6.92 Å². The molecule has 4 heteroatoms. The molecule has 14 heavy (non-hydrogen) atoms. The molecule has 0 unspecified atom stereocenters. The molecule has 74 valence electrons. The molecule has 0 N–H and O–H groups in total. The van der Waals surface area contributed by atoms with Crippen LogP contribution in [0.15, 0.2) is 37.0 Å². The SMILES string of the molecule is C=CC(=O)C=C(C)C(=O)OC(=O)C=C. The summed E-state index contributed by atoms with van der Waals surface area (Å²) in [5.41, 5.74) is 0.0325. The van der Waals surface area contributed by atoms with Gasteiger partial charge in [-0.3, -0.25) is 4.79 Å². The summed E-state index contributed by atoms with van der Waals surface area (Å²) < 4.78 is 4.26. The van der Waals surface area contributed by atoms with Gasteiger partial charge in [-0.15, -0.1) is 0 Å². The molecule has 0 radical (unpaired) electrons. The van der Waals surface area contributed by atoms with E-state index < -0.39 is 17.7 Å². The van der Waals surface area contributed by atoms with Crippen molar-refractivity contribution in [3.05, 3.63) is 37.0 Å². The van der Waals surface area contributed by atoms with Crippen LogP contribution in [0.25, 0.3) is 0 Å². The maximum absolute atomic E-state index is 11.0. The minimum absolute atomic E-state index is 0.0325. The minimum atomic E-state index is -0.870. The van der Waals surface area contributed by atoms with Crippen LogP contribution in [0.2, 0.25) is 0 Å². The van der Waals surface area contributed by atoms with Crippen LogP contribution in [0.5, 0.6) is 0 Å². The molecule has 0 bridgehead atoms. The third kappa shape index (κ3) is 4.15. The Hall–Kier alpha value is -1.97. The van der Waals surface area contributed by atoms with Gasteiger partial charge < -0.3 is 4.74 Å². The molecule has 0 aromatic carbocycles. The van der Waals surface area contributed by atoms with E-state index in [1.54, 1.807) is 0 Å². The predicted molar refractivity (Wildman–Crippen MR) is 50.3 cm³/mol. The maximum atomic E-state index is 11.0. The van der Waals surface area contributed by atoms with Gasteiger partial charge in [0.15, 0.2) is 5.78 Å². The van der Waals surface area contributed by atoms with E-state index in [9.17, 15) is 14.4 Å². The highest BCUT2D eigenvalue weighted by atomic mass is 16.6. The van der Waals surface area contributed by atoms with E-state index in [2.05, 4.69) is 17.9 Å². The second-order valence-electron chi connectivity index (χ2n) is 2.35. The largest absolute Gasteiger partial charge is 0.386 e. The van der Waals surface area contributed by atoms with Gasteiger partial charge in [-0.05, 0) is 19.1 Å². The monoisotopic (exact) mass is 194 g/mol. The summed E-state index contributed by atoms with van der Waals surface area (Å²) >= 11 is 0. The van der Waals surface area contributed by atoms with Gasteiger partial charge in [-0.25, -0.2) is 9.59 Å². The number of hydrogen-bond donors (Lipinski definition) is 0. The lowest BCUT2D eigenvalue weighted by Gasteiger charge is -1.98. The van der Waals surface area contributed by atoms with Gasteiger partial charge in [-0.2, -0.15) is 0 Å². The predicted octanol–water partition coefficient (Wildman–Crippen LogP) is 0.944. The summed E-state index contributed by atoms with van der Waals surface area (Å²) in [4.78, 5) is 32.4. The number of esters is 2. The Labute approximate surface area is 81.6 Å². The molecule has 0 aromatic rings. The lowest BCUT2D eigenvalue weighted by atomic mass is 10.2. The molecule has 0 aromatic heterocycles. The number of ketones is 1. The second kappa shape index (κ2) is 5.64. The van der Waals surface area contributed by atoms with Crippen LogP contribution in [0.4, 0.5) is 0 Å². The molecule has 0 saturated carbocycles. The summed E-state index contributed by atoms with van der Waals surface area (Å²) in [5.74, 6) is -2.15. The number of ether oxygens (including phenoxy) is 1. The Bertz CT molecular complexity index is 323. The first-order valence-corrected chi connectivity index (χ1v) is 3.74. The molecular weight excluding hydrogens is 184 g/mol. The first-order valence-electron chi connectivity index (χ1n) is 3.74. The summed E-state index contributed by atoms with van der Waals surface area (Å²) in [7, 11) is 0. The zero-order valence-electron chi connectivity index (χ0n) is 7.78. The quantitative estimate of drug-likeness (QED) is 0.379. The molecule has 0 aliphatic carbocycles. The maximum Gasteiger partial charge on any atom is 0.341 e. The number of rotatable bonds is 4. The van der Waals surface area contributed by atoms with Gasteiger partial charge in [0.25, 0.3) is 0 Å². The van der Waals surface area contributed by atoms with Crippen LogP contribution >= 0.6 is 0 Å². The summed E-state index contributed by atoms with van der Waals surface area (Å²) in [6.07, 6.45) is 2.94. The van der Waals surface area contributed by atoms with Crippen LogP contribution in [-0.2, 0) is 19.1 Å². The number of carbonyl (C=O) groups is 3. The Kier molecular flexibility index (Phi) is 4.84. The highest BCUT2D eigenvalue weighted by molar-refractivity contribution is 6.06. The summed E-state index contributed by atoms with van der Waals surface area (Å²) in [5, 5.41) is 0. The summed E-state index contributed by atoms with van der Waals surface area (Å²) in [6.45, 7) is 7.70. The highest BCUT2D eigenvalue weighted by Crippen LogP contribution is 1.98. The van der Waals surface area contributed by atoms with E-state index in [1.807, 2.05) is 0 Å². The Balaban J connectivity index is 4.46. The molecule has 0 amide bonds. The first kappa shape index (κ1) is 12.0. The van der Waals surface area contributed by atoms with Crippen molar-refractivity contribution < 1.29 is 19.1 Å². The zero-order valence-corrected chi connectivity index (χ0v) is 7.78. The topological polar surface area (TPSA) is 60.4 Å². The van der Waals surface area contributed by atoms with Crippen molar-refractivity contribution in [3.63, 3.8) is 0 Å². The molecule has 0 aliphatic heterocycles. The molecule has 0 fully saturated rings. The fourth-order valence-electron chi connectivity index (χ4n) is 0.545. The lowest BCUT2D eigenvalue weighted by molar-refractivity contribution is -0.153. The summed E-state index contributed by atoms with van der Waals surface area (Å²) in [6, 6.07) is 0. The van der Waals surface area contributed by atoms with E-state index in [1.165, 1.54) is 6.92 Å². The van der Waals surface area contributed by atoms with E-state index in [4.69, 9.17) is 0 Å². The average molecular weight is 194 g/mol. The van der Waals surface area contributed by atoms with E-state index in [0.29, 0.717) is 0 Å². The number of hydrogen-bond acceptors (Lipinski definition) is 4. The fourth-order valence-corrected chi connectivity index (χ4v) is 0.545. The van der Waals surface area contributed by atoms with Crippen LogP contribution in [0, 0.1) is 0 Å². The third-order valence-corrected chi connectivity index (χ3v) is 1.24. The van der Waals surface area contributed by atoms with Gasteiger partial charge in [0.1, 0.15) is 0 Å². The number of allylic oxidation sites excluding steroid dienone is 2. The molecule has 0 spiro atoms. The molecule has 0 rings (SSSR count). The van der Waals surface area contributed by atoms with Crippen LogP contribution in [-0.4, -0.2) is 17.7 Å². The van der Waals surface area contributed by atoms with Crippen molar-refractivity contribution in [3.8, 4) is 0 Å². The van der Waals surface area contributed by atoms with Gasteiger partial charge in [0.2, 0.25) is 0 Å². The molecule has 0 heterocycles. The third-order valence-electron chi connectivity index (χ3n) is 1.24. The van der Waals surface area contributed by atoms with Crippen molar-refractivity contribution in [2.75, 3.05) is 0 Å². The minimum Gasteiger partial charge on any atom is -0.386 e. The van der Waals surface area contributed by atoms with Gasteiger partial charge in [0, 0.05) is 11.6 Å². The van der Waals surface area contributed by atoms with E-state index in [0.717, 1.165) is 18.2 Å². The fraction of sp³-hybridized carbons (Fsp3) is 0.100. The normalized spacial score (nSPS) is 10.2. The van der Waals surface area contributed by atoms with Crippen molar-refractivity contribution in [2.45, 2.75) is 6.92 Å². The Morgan fingerprint density at radius 2 is 1.71 bits per heavy atom. The average Bonchev–Trinajstić information content (AvgIpc) is 2.17. The number of carbonyl (C=O) groups excluding carboxylic acids is 3. The zero-order chi connectivity index (χ0) is 11.1. The highest BCUT2D eigenvalue weighted by Gasteiger charge is 2.09.